The van der Waals surface area contributed by atoms with Crippen LogP contribution in [0.15, 0.2) is 51.9 Å². The number of likely N-dealkylation sites (tertiary alicyclic amines) is 1. The smallest absolute Gasteiger partial charge is 0.243 e. The first-order valence-corrected chi connectivity index (χ1v) is 14.1. The van der Waals surface area contributed by atoms with E-state index in [4.69, 9.17) is 14.0 Å². The molecule has 2 aliphatic rings. The van der Waals surface area contributed by atoms with Crippen molar-refractivity contribution in [3.05, 3.63) is 54.2 Å². The van der Waals surface area contributed by atoms with Gasteiger partial charge in [-0.05, 0) is 61.9 Å². The molecule has 0 bridgehead atoms. The number of hydrogen-bond donors (Lipinski definition) is 1. The molecule has 0 spiro atoms. The molecule has 1 aromatic heterocycles. The van der Waals surface area contributed by atoms with Crippen LogP contribution in [0.4, 0.5) is 10.1 Å². The van der Waals surface area contributed by atoms with Crippen molar-refractivity contribution in [2.75, 3.05) is 51.8 Å². The van der Waals surface area contributed by atoms with E-state index in [2.05, 4.69) is 20.4 Å². The number of amides is 1. The van der Waals surface area contributed by atoms with Gasteiger partial charge in [-0.1, -0.05) is 5.16 Å². The number of nitrogens with one attached hydrogen (secondary N) is 1. The summed E-state index contributed by atoms with van der Waals surface area (Å²) in [4.78, 5) is 19.8. The van der Waals surface area contributed by atoms with Crippen molar-refractivity contribution in [3.63, 3.8) is 0 Å². The SMILES string of the molecule is COc1ccc(S(=O)(=O)N2CCOCC2)cc1NC(=O)C1CCCN(Cc2nc(-c3ccc(F)cc3)no2)C1. The number of nitrogens with zero attached hydrogens (tertiary/aromatic N) is 4. The molecule has 2 aromatic carbocycles. The minimum atomic E-state index is -3.74. The van der Waals surface area contributed by atoms with Crippen LogP contribution in [-0.2, 0) is 26.1 Å². The molecule has 5 rings (SSSR count). The lowest BCUT2D eigenvalue weighted by Gasteiger charge is -2.31. The molecule has 11 nitrogen and oxygen atoms in total. The molecule has 3 heterocycles. The number of benzene rings is 2. The van der Waals surface area contributed by atoms with Gasteiger partial charge in [-0.3, -0.25) is 9.69 Å². The Bertz CT molecular complexity index is 1410. The third-order valence-electron chi connectivity index (χ3n) is 6.84. The molecule has 1 atom stereocenters. The fourth-order valence-electron chi connectivity index (χ4n) is 4.76. The van der Waals surface area contributed by atoms with Crippen molar-refractivity contribution in [2.24, 2.45) is 5.92 Å². The third-order valence-corrected chi connectivity index (χ3v) is 8.74. The first-order chi connectivity index (χ1) is 18.8. The Hall–Kier alpha value is -3.39. The number of ether oxygens (including phenoxy) is 2. The average Bonchev–Trinajstić information content (AvgIpc) is 3.42. The van der Waals surface area contributed by atoms with Gasteiger partial charge in [0.05, 0.1) is 43.4 Å². The number of sulfonamides is 1. The predicted molar refractivity (Wildman–Crippen MR) is 139 cm³/mol. The zero-order valence-corrected chi connectivity index (χ0v) is 22.3. The molecule has 0 radical (unpaired) electrons. The van der Waals surface area contributed by atoms with Crippen LogP contribution < -0.4 is 10.1 Å². The number of methoxy groups -OCH3 is 1. The highest BCUT2D eigenvalue weighted by molar-refractivity contribution is 7.89. The highest BCUT2D eigenvalue weighted by Gasteiger charge is 2.30. The van der Waals surface area contributed by atoms with Gasteiger partial charge in [0.25, 0.3) is 0 Å². The van der Waals surface area contributed by atoms with Crippen LogP contribution in [0.25, 0.3) is 11.4 Å². The summed E-state index contributed by atoms with van der Waals surface area (Å²) in [6.45, 7) is 2.83. The minimum absolute atomic E-state index is 0.0825. The second-order valence-electron chi connectivity index (χ2n) is 9.46. The summed E-state index contributed by atoms with van der Waals surface area (Å²) >= 11 is 0. The summed E-state index contributed by atoms with van der Waals surface area (Å²) in [5, 5.41) is 6.87. The number of carbonyl (C=O) groups is 1. The van der Waals surface area contributed by atoms with Crippen LogP contribution in [0.3, 0.4) is 0 Å². The van der Waals surface area contributed by atoms with Crippen LogP contribution in [0.2, 0.25) is 0 Å². The van der Waals surface area contributed by atoms with E-state index >= 15 is 0 Å². The second-order valence-corrected chi connectivity index (χ2v) is 11.4. The summed E-state index contributed by atoms with van der Waals surface area (Å²) in [6.07, 6.45) is 1.47. The first kappa shape index (κ1) is 27.2. The van der Waals surface area contributed by atoms with Crippen LogP contribution in [0, 0.1) is 11.7 Å². The largest absolute Gasteiger partial charge is 0.495 e. The molecule has 1 N–H and O–H groups in total. The molecule has 208 valence electrons. The maximum Gasteiger partial charge on any atom is 0.243 e. The Kier molecular flexibility index (Phi) is 8.21. The standard InChI is InChI=1S/C26H30FN5O6S/c1-36-23-9-8-21(39(34,35)32-11-13-37-14-12-32)15-22(23)28-26(33)19-3-2-10-31(16-19)17-24-29-25(30-38-24)18-4-6-20(27)7-5-18/h4-9,15,19H,2-3,10-14,16-17H2,1H3,(H,28,33). The maximum atomic E-state index is 13.3. The van der Waals surface area contributed by atoms with E-state index in [-0.39, 0.29) is 35.6 Å². The summed E-state index contributed by atoms with van der Waals surface area (Å²) in [7, 11) is -2.27. The number of rotatable bonds is 8. The Balaban J connectivity index is 1.25. The van der Waals surface area contributed by atoms with Crippen molar-refractivity contribution in [1.29, 1.82) is 0 Å². The third kappa shape index (κ3) is 6.27. The summed E-state index contributed by atoms with van der Waals surface area (Å²) in [5.74, 6) is 0.242. The van der Waals surface area contributed by atoms with Gasteiger partial charge in [0, 0.05) is 25.2 Å². The van der Waals surface area contributed by atoms with E-state index in [0.29, 0.717) is 61.4 Å². The van der Waals surface area contributed by atoms with Crippen molar-refractivity contribution in [3.8, 4) is 17.1 Å². The zero-order valence-electron chi connectivity index (χ0n) is 21.5. The number of hydrogen-bond acceptors (Lipinski definition) is 9. The zero-order chi connectivity index (χ0) is 27.4. The minimum Gasteiger partial charge on any atom is -0.495 e. The highest BCUT2D eigenvalue weighted by atomic mass is 32.2. The van der Waals surface area contributed by atoms with Gasteiger partial charge in [0.1, 0.15) is 11.6 Å². The van der Waals surface area contributed by atoms with Crippen molar-refractivity contribution >= 4 is 21.6 Å². The van der Waals surface area contributed by atoms with Crippen LogP contribution >= 0.6 is 0 Å². The molecule has 1 unspecified atom stereocenters. The first-order valence-electron chi connectivity index (χ1n) is 12.7. The number of piperidine rings is 1. The summed E-state index contributed by atoms with van der Waals surface area (Å²) in [5.41, 5.74) is 0.948. The lowest BCUT2D eigenvalue weighted by Crippen LogP contribution is -2.41. The number of morpholine rings is 1. The van der Waals surface area contributed by atoms with Crippen LogP contribution in [0.1, 0.15) is 18.7 Å². The molecule has 2 aliphatic heterocycles. The van der Waals surface area contributed by atoms with E-state index in [1.54, 1.807) is 18.2 Å². The average molecular weight is 560 g/mol. The number of anilines is 1. The molecule has 13 heteroatoms. The fourth-order valence-corrected chi connectivity index (χ4v) is 6.19. The summed E-state index contributed by atoms with van der Waals surface area (Å²) < 4.78 is 56.9. The number of aromatic nitrogens is 2. The molecular formula is C26H30FN5O6S. The Morgan fingerprint density at radius 2 is 1.92 bits per heavy atom. The summed E-state index contributed by atoms with van der Waals surface area (Å²) in [6, 6.07) is 10.3. The van der Waals surface area contributed by atoms with Crippen LogP contribution in [0.5, 0.6) is 5.75 Å². The van der Waals surface area contributed by atoms with E-state index in [0.717, 1.165) is 13.0 Å². The molecule has 1 amide bonds. The quantitative estimate of drug-likeness (QED) is 0.443. The van der Waals surface area contributed by atoms with Gasteiger partial charge in [-0.25, -0.2) is 12.8 Å². The molecule has 3 aromatic rings. The lowest BCUT2D eigenvalue weighted by atomic mass is 9.97. The molecular weight excluding hydrogens is 529 g/mol. The van der Waals surface area contributed by atoms with Crippen molar-refractivity contribution < 1.29 is 31.6 Å². The van der Waals surface area contributed by atoms with Gasteiger partial charge in [0.2, 0.25) is 27.6 Å². The molecule has 2 saturated heterocycles. The number of carbonyl (C=O) groups excluding carboxylic acids is 1. The molecule has 0 aliphatic carbocycles. The Labute approximate surface area is 225 Å². The van der Waals surface area contributed by atoms with E-state index in [1.807, 2.05) is 0 Å². The van der Waals surface area contributed by atoms with E-state index in [1.165, 1.54) is 35.7 Å². The van der Waals surface area contributed by atoms with E-state index < -0.39 is 10.0 Å². The van der Waals surface area contributed by atoms with Crippen molar-refractivity contribution in [1.82, 2.24) is 19.3 Å². The highest BCUT2D eigenvalue weighted by Crippen LogP contribution is 2.30. The molecule has 39 heavy (non-hydrogen) atoms. The van der Waals surface area contributed by atoms with Gasteiger partial charge in [-0.2, -0.15) is 9.29 Å². The Morgan fingerprint density at radius 3 is 2.67 bits per heavy atom. The van der Waals surface area contributed by atoms with E-state index in [9.17, 15) is 17.6 Å². The van der Waals surface area contributed by atoms with Crippen LogP contribution in [-0.4, -0.2) is 80.2 Å². The molecule has 2 fully saturated rings. The monoisotopic (exact) mass is 559 g/mol. The topological polar surface area (TPSA) is 127 Å². The predicted octanol–water partition coefficient (Wildman–Crippen LogP) is 2.76. The normalized spacial score (nSPS) is 19.1. The molecule has 0 saturated carbocycles. The van der Waals surface area contributed by atoms with Gasteiger partial charge < -0.3 is 19.3 Å². The maximum absolute atomic E-state index is 13.3. The lowest BCUT2D eigenvalue weighted by molar-refractivity contribution is -0.121. The van der Waals surface area contributed by atoms with Gasteiger partial charge in [-0.15, -0.1) is 0 Å². The van der Waals surface area contributed by atoms with Gasteiger partial charge in [0.15, 0.2) is 0 Å². The van der Waals surface area contributed by atoms with Gasteiger partial charge >= 0.3 is 0 Å². The number of halogens is 1. The Morgan fingerprint density at radius 1 is 1.15 bits per heavy atom. The van der Waals surface area contributed by atoms with Crippen molar-refractivity contribution in [2.45, 2.75) is 24.3 Å². The fraction of sp³-hybridized carbons (Fsp3) is 0.423. The second kappa shape index (κ2) is 11.8.